The van der Waals surface area contributed by atoms with Crippen LogP contribution in [-0.2, 0) is 0 Å². The molecule has 3 N–H and O–H groups in total. The summed E-state index contributed by atoms with van der Waals surface area (Å²) < 4.78 is 0. The average molecular weight is 293 g/mol. The van der Waals surface area contributed by atoms with Gasteiger partial charge >= 0.3 is 0 Å². The fourth-order valence-electron chi connectivity index (χ4n) is 1.33. The van der Waals surface area contributed by atoms with Crippen LogP contribution >= 0.6 is 11.6 Å². The van der Waals surface area contributed by atoms with Crippen molar-refractivity contribution in [2.75, 3.05) is 11.2 Å². The van der Waals surface area contributed by atoms with Gasteiger partial charge in [0.2, 0.25) is 5.95 Å². The van der Waals surface area contributed by atoms with Crippen LogP contribution in [0.25, 0.3) is 0 Å². The molecule has 9 heteroatoms. The molecule has 0 aliphatic carbocycles. The summed E-state index contributed by atoms with van der Waals surface area (Å²) in [6.45, 7) is 0. The summed E-state index contributed by atoms with van der Waals surface area (Å²) in [5.41, 5.74) is 8.75. The van der Waals surface area contributed by atoms with Gasteiger partial charge in [-0.1, -0.05) is 11.6 Å². The lowest BCUT2D eigenvalue weighted by molar-refractivity contribution is -0.384. The van der Waals surface area contributed by atoms with E-state index in [9.17, 15) is 10.1 Å². The molecular formula is C11H9ClN6O2. The number of nitro groups is 1. The molecule has 1 aromatic heterocycles. The number of benzene rings is 1. The molecule has 102 valence electrons. The van der Waals surface area contributed by atoms with Crippen molar-refractivity contribution in [1.82, 2.24) is 9.97 Å². The van der Waals surface area contributed by atoms with Crippen molar-refractivity contribution in [3.8, 4) is 0 Å². The molecular weight excluding hydrogens is 284 g/mol. The zero-order chi connectivity index (χ0) is 14.5. The number of nitrogens with one attached hydrogen (secondary N) is 1. The first-order chi connectivity index (χ1) is 9.54. The van der Waals surface area contributed by atoms with Crippen molar-refractivity contribution < 1.29 is 4.92 Å². The van der Waals surface area contributed by atoms with Crippen molar-refractivity contribution >= 4 is 35.3 Å². The Balaban J connectivity index is 2.04. The second-order valence-electron chi connectivity index (χ2n) is 3.66. The summed E-state index contributed by atoms with van der Waals surface area (Å²) in [5, 5.41) is 14.6. The number of halogens is 1. The number of anilines is 2. The quantitative estimate of drug-likeness (QED) is 0.385. The molecule has 0 unspecified atom stereocenters. The van der Waals surface area contributed by atoms with Crippen molar-refractivity contribution in [1.29, 1.82) is 0 Å². The molecule has 2 rings (SSSR count). The smallest absolute Gasteiger partial charge is 0.269 e. The fraction of sp³-hybridized carbons (Fsp3) is 0. The van der Waals surface area contributed by atoms with Crippen LogP contribution in [0.3, 0.4) is 0 Å². The van der Waals surface area contributed by atoms with Crippen LogP contribution < -0.4 is 11.2 Å². The molecule has 2 aromatic rings. The molecule has 0 atom stereocenters. The average Bonchev–Trinajstić information content (AvgIpc) is 2.38. The van der Waals surface area contributed by atoms with Crippen molar-refractivity contribution in [3.05, 3.63) is 51.2 Å². The van der Waals surface area contributed by atoms with Crippen LogP contribution in [-0.4, -0.2) is 21.1 Å². The minimum absolute atomic E-state index is 0.0149. The fourth-order valence-corrected chi connectivity index (χ4v) is 1.52. The summed E-state index contributed by atoms with van der Waals surface area (Å²) in [6.07, 6.45) is 1.46. The third-order valence-electron chi connectivity index (χ3n) is 2.20. The number of hydrogen-bond donors (Lipinski definition) is 2. The minimum Gasteiger partial charge on any atom is -0.383 e. The number of hydrazone groups is 1. The van der Waals surface area contributed by atoms with E-state index in [0.717, 1.165) is 0 Å². The summed E-state index contributed by atoms with van der Waals surface area (Å²) in [6, 6.07) is 7.31. The molecule has 0 saturated carbocycles. The Hall–Kier alpha value is -2.74. The molecule has 0 saturated heterocycles. The summed E-state index contributed by atoms with van der Waals surface area (Å²) >= 11 is 5.71. The highest BCUT2D eigenvalue weighted by Gasteiger charge is 2.02. The van der Waals surface area contributed by atoms with Crippen LogP contribution in [0, 0.1) is 10.1 Å². The highest BCUT2D eigenvalue weighted by Crippen LogP contribution is 2.12. The van der Waals surface area contributed by atoms with Crippen LogP contribution in [0.1, 0.15) is 5.56 Å². The zero-order valence-corrected chi connectivity index (χ0v) is 10.8. The largest absolute Gasteiger partial charge is 0.383 e. The summed E-state index contributed by atoms with van der Waals surface area (Å²) in [4.78, 5) is 17.8. The van der Waals surface area contributed by atoms with E-state index in [1.807, 2.05) is 0 Å². The Morgan fingerprint density at radius 1 is 1.35 bits per heavy atom. The number of non-ortho nitro benzene ring substituents is 1. The Labute approximate surface area is 118 Å². The van der Waals surface area contributed by atoms with Crippen LogP contribution in [0.5, 0.6) is 0 Å². The monoisotopic (exact) mass is 292 g/mol. The molecule has 20 heavy (non-hydrogen) atoms. The van der Waals surface area contributed by atoms with E-state index in [2.05, 4.69) is 20.5 Å². The predicted molar refractivity (Wildman–Crippen MR) is 75.8 cm³/mol. The molecule has 1 heterocycles. The number of nitrogen functional groups attached to an aromatic ring is 1. The van der Waals surface area contributed by atoms with Gasteiger partial charge in [0.1, 0.15) is 11.0 Å². The third-order valence-corrected chi connectivity index (χ3v) is 2.39. The highest BCUT2D eigenvalue weighted by molar-refractivity contribution is 6.29. The third kappa shape index (κ3) is 3.62. The van der Waals surface area contributed by atoms with Gasteiger partial charge in [0.05, 0.1) is 11.1 Å². The second-order valence-corrected chi connectivity index (χ2v) is 4.05. The maximum absolute atomic E-state index is 10.5. The van der Waals surface area contributed by atoms with E-state index >= 15 is 0 Å². The van der Waals surface area contributed by atoms with Crippen LogP contribution in [0.4, 0.5) is 17.5 Å². The van der Waals surface area contributed by atoms with Crippen molar-refractivity contribution in [2.24, 2.45) is 5.10 Å². The molecule has 0 amide bonds. The molecule has 1 aromatic carbocycles. The van der Waals surface area contributed by atoms with Gasteiger partial charge in [0, 0.05) is 18.2 Å². The Bertz CT molecular complexity index is 638. The van der Waals surface area contributed by atoms with Gasteiger partial charge < -0.3 is 5.73 Å². The van der Waals surface area contributed by atoms with Gasteiger partial charge in [-0.05, 0) is 17.7 Å². The van der Waals surface area contributed by atoms with Gasteiger partial charge in [-0.15, -0.1) is 0 Å². The van der Waals surface area contributed by atoms with Gasteiger partial charge in [0.25, 0.3) is 5.69 Å². The van der Waals surface area contributed by atoms with E-state index in [1.54, 1.807) is 12.1 Å². The van der Waals surface area contributed by atoms with E-state index in [4.69, 9.17) is 17.3 Å². The van der Waals surface area contributed by atoms with E-state index in [1.165, 1.54) is 24.4 Å². The molecule has 8 nitrogen and oxygen atoms in total. The van der Waals surface area contributed by atoms with E-state index in [0.29, 0.717) is 5.56 Å². The SMILES string of the molecule is Nc1cc(Cl)nc(N/N=C\c2ccc([N+](=O)[O-])cc2)n1. The maximum atomic E-state index is 10.5. The standard InChI is InChI=1S/C11H9ClN6O2/c12-9-5-10(13)16-11(15-9)17-14-6-7-1-3-8(4-2-7)18(19)20/h1-6H,(H3,13,15,16,17)/b14-6-. The Morgan fingerprint density at radius 3 is 2.65 bits per heavy atom. The first-order valence-corrected chi connectivity index (χ1v) is 5.76. The molecule has 0 radical (unpaired) electrons. The Morgan fingerprint density at radius 2 is 2.05 bits per heavy atom. The van der Waals surface area contributed by atoms with Gasteiger partial charge in [-0.2, -0.15) is 15.1 Å². The molecule has 0 spiro atoms. The first kappa shape index (κ1) is 13.7. The number of nitro benzene ring substituents is 1. The van der Waals surface area contributed by atoms with E-state index < -0.39 is 4.92 Å². The van der Waals surface area contributed by atoms with Crippen molar-refractivity contribution in [2.45, 2.75) is 0 Å². The summed E-state index contributed by atoms with van der Waals surface area (Å²) in [5.74, 6) is 0.381. The number of aromatic nitrogens is 2. The normalized spacial score (nSPS) is 10.7. The van der Waals surface area contributed by atoms with Crippen LogP contribution in [0.15, 0.2) is 35.4 Å². The van der Waals surface area contributed by atoms with Gasteiger partial charge in [-0.3, -0.25) is 10.1 Å². The highest BCUT2D eigenvalue weighted by atomic mass is 35.5. The maximum Gasteiger partial charge on any atom is 0.269 e. The predicted octanol–water partition coefficient (Wildman–Crippen LogP) is 2.07. The second kappa shape index (κ2) is 5.93. The number of rotatable bonds is 4. The van der Waals surface area contributed by atoms with Gasteiger partial charge in [0.15, 0.2) is 0 Å². The van der Waals surface area contributed by atoms with E-state index in [-0.39, 0.29) is 22.6 Å². The molecule has 0 bridgehead atoms. The zero-order valence-electron chi connectivity index (χ0n) is 10.0. The van der Waals surface area contributed by atoms with Crippen molar-refractivity contribution in [3.63, 3.8) is 0 Å². The minimum atomic E-state index is -0.470. The first-order valence-electron chi connectivity index (χ1n) is 5.38. The van der Waals surface area contributed by atoms with Crippen LogP contribution in [0.2, 0.25) is 5.15 Å². The topological polar surface area (TPSA) is 119 Å². The lowest BCUT2D eigenvalue weighted by Crippen LogP contribution is -2.00. The molecule has 0 aliphatic rings. The number of hydrogen-bond acceptors (Lipinski definition) is 7. The molecule has 0 fully saturated rings. The summed E-state index contributed by atoms with van der Waals surface area (Å²) in [7, 11) is 0. The number of nitrogens with two attached hydrogens (primary N) is 1. The van der Waals surface area contributed by atoms with Gasteiger partial charge in [-0.25, -0.2) is 5.43 Å². The number of nitrogens with zero attached hydrogens (tertiary/aromatic N) is 4. The lowest BCUT2D eigenvalue weighted by atomic mass is 10.2. The lowest BCUT2D eigenvalue weighted by Gasteiger charge is -2.00. The molecule has 0 aliphatic heterocycles. The Kier molecular flexibility index (Phi) is 4.06.